The lowest BCUT2D eigenvalue weighted by molar-refractivity contribution is 0.705. The van der Waals surface area contributed by atoms with E-state index >= 15 is 0 Å². The second-order valence-corrected chi connectivity index (χ2v) is 7.11. The molecule has 6 nitrogen and oxygen atoms in total. The Kier molecular flexibility index (Phi) is 2.36. The van der Waals surface area contributed by atoms with Gasteiger partial charge in [-0.1, -0.05) is 0 Å². The maximum absolute atomic E-state index is 6.03. The summed E-state index contributed by atoms with van der Waals surface area (Å²) >= 11 is 1.83. The molecule has 0 unspecified atom stereocenters. The summed E-state index contributed by atoms with van der Waals surface area (Å²) in [4.78, 5) is 14.0. The van der Waals surface area contributed by atoms with Gasteiger partial charge in [-0.25, -0.2) is 9.97 Å². The normalized spacial score (nSPS) is 16.5. The molecular weight excluding hydrogens is 296 g/mol. The third kappa shape index (κ3) is 1.51. The number of rotatable bonds is 1. The van der Waals surface area contributed by atoms with Gasteiger partial charge in [-0.3, -0.25) is 4.68 Å². The van der Waals surface area contributed by atoms with Crippen LogP contribution in [0.5, 0.6) is 0 Å². The molecule has 4 heterocycles. The maximum Gasteiger partial charge on any atom is 0.150 e. The van der Waals surface area contributed by atoms with Crippen molar-refractivity contribution in [3.63, 3.8) is 0 Å². The van der Waals surface area contributed by atoms with Gasteiger partial charge in [0.25, 0.3) is 0 Å². The Morgan fingerprint density at radius 2 is 2.09 bits per heavy atom. The minimum atomic E-state index is 0.640. The molecule has 7 heteroatoms. The number of fused-ring (bicyclic) bond motifs is 4. The van der Waals surface area contributed by atoms with Crippen LogP contribution in [-0.4, -0.2) is 19.7 Å². The van der Waals surface area contributed by atoms with Crippen LogP contribution in [0.25, 0.3) is 10.2 Å². The van der Waals surface area contributed by atoms with Crippen LogP contribution < -0.4 is 10.6 Å². The molecular formula is C15H16N6S. The van der Waals surface area contributed by atoms with Crippen LogP contribution in [0.3, 0.4) is 0 Å². The average Bonchev–Trinajstić information content (AvgIpc) is 3.22. The van der Waals surface area contributed by atoms with E-state index in [-0.39, 0.29) is 0 Å². The van der Waals surface area contributed by atoms with Gasteiger partial charge in [0.15, 0.2) is 5.82 Å². The Hall–Kier alpha value is -2.15. The number of hydrogen-bond donors (Lipinski definition) is 1. The van der Waals surface area contributed by atoms with Crippen molar-refractivity contribution in [2.24, 2.45) is 7.05 Å². The molecule has 0 fully saturated rings. The first-order chi connectivity index (χ1) is 10.7. The van der Waals surface area contributed by atoms with E-state index in [1.54, 1.807) is 6.33 Å². The molecule has 3 aromatic rings. The number of anilines is 2. The van der Waals surface area contributed by atoms with E-state index in [0.29, 0.717) is 5.82 Å². The molecule has 2 aliphatic rings. The SMILES string of the molecule is Cn1nc(N)c2c1CN(c1ncnc3sc4c(c13)CCC4)C2. The number of hydrogen-bond acceptors (Lipinski definition) is 6. The summed E-state index contributed by atoms with van der Waals surface area (Å²) in [6, 6.07) is 0. The van der Waals surface area contributed by atoms with E-state index in [2.05, 4.69) is 20.0 Å². The van der Waals surface area contributed by atoms with Gasteiger partial charge in [-0.2, -0.15) is 5.10 Å². The van der Waals surface area contributed by atoms with Gasteiger partial charge >= 0.3 is 0 Å². The van der Waals surface area contributed by atoms with Crippen molar-refractivity contribution >= 4 is 33.2 Å². The van der Waals surface area contributed by atoms with Gasteiger partial charge in [0.2, 0.25) is 0 Å². The van der Waals surface area contributed by atoms with E-state index in [0.717, 1.165) is 35.7 Å². The van der Waals surface area contributed by atoms with Crippen molar-refractivity contribution in [2.45, 2.75) is 32.4 Å². The molecule has 0 amide bonds. The zero-order valence-corrected chi connectivity index (χ0v) is 13.2. The molecule has 0 spiro atoms. The van der Waals surface area contributed by atoms with Crippen molar-refractivity contribution < 1.29 is 0 Å². The zero-order valence-electron chi connectivity index (χ0n) is 12.3. The Morgan fingerprint density at radius 3 is 2.95 bits per heavy atom. The summed E-state index contributed by atoms with van der Waals surface area (Å²) in [6.45, 7) is 1.60. The van der Waals surface area contributed by atoms with Gasteiger partial charge in [-0.05, 0) is 24.8 Å². The van der Waals surface area contributed by atoms with Crippen molar-refractivity contribution in [3.8, 4) is 0 Å². The molecule has 0 saturated heterocycles. The second kappa shape index (κ2) is 4.19. The minimum Gasteiger partial charge on any atom is -0.382 e. The number of thiophene rings is 1. The summed E-state index contributed by atoms with van der Waals surface area (Å²) in [5.74, 6) is 1.70. The molecule has 3 aromatic heterocycles. The first-order valence-corrected chi connectivity index (χ1v) is 8.34. The van der Waals surface area contributed by atoms with Crippen LogP contribution in [0, 0.1) is 0 Å². The highest BCUT2D eigenvalue weighted by Crippen LogP contribution is 2.42. The first-order valence-electron chi connectivity index (χ1n) is 7.53. The van der Waals surface area contributed by atoms with Gasteiger partial charge in [0.1, 0.15) is 17.0 Å². The lowest BCUT2D eigenvalue weighted by Crippen LogP contribution is -2.18. The highest BCUT2D eigenvalue weighted by molar-refractivity contribution is 7.19. The summed E-state index contributed by atoms with van der Waals surface area (Å²) in [5.41, 5.74) is 9.83. The topological polar surface area (TPSA) is 72.9 Å². The Balaban J connectivity index is 1.65. The van der Waals surface area contributed by atoms with Crippen LogP contribution in [0.1, 0.15) is 28.1 Å². The fourth-order valence-corrected chi connectivity index (χ4v) is 4.95. The fraction of sp³-hybridized carbons (Fsp3) is 0.400. The Labute approximate surface area is 131 Å². The van der Waals surface area contributed by atoms with Gasteiger partial charge in [0.05, 0.1) is 24.2 Å². The third-order valence-electron chi connectivity index (χ3n) is 4.78. The van der Waals surface area contributed by atoms with Crippen LogP contribution in [-0.2, 0) is 33.0 Å². The highest BCUT2D eigenvalue weighted by Gasteiger charge is 2.30. The third-order valence-corrected chi connectivity index (χ3v) is 5.98. The van der Waals surface area contributed by atoms with Crippen LogP contribution in [0.15, 0.2) is 6.33 Å². The van der Waals surface area contributed by atoms with E-state index in [9.17, 15) is 0 Å². The minimum absolute atomic E-state index is 0.640. The summed E-state index contributed by atoms with van der Waals surface area (Å²) in [6.07, 6.45) is 5.28. The van der Waals surface area contributed by atoms with Gasteiger partial charge in [0, 0.05) is 17.5 Å². The van der Waals surface area contributed by atoms with Gasteiger partial charge < -0.3 is 10.6 Å². The largest absolute Gasteiger partial charge is 0.382 e. The highest BCUT2D eigenvalue weighted by atomic mass is 32.1. The molecule has 0 aromatic carbocycles. The quantitative estimate of drug-likeness (QED) is 0.744. The number of aryl methyl sites for hydroxylation is 3. The molecule has 1 aliphatic carbocycles. The molecule has 1 aliphatic heterocycles. The van der Waals surface area contributed by atoms with Gasteiger partial charge in [-0.15, -0.1) is 11.3 Å². The predicted molar refractivity (Wildman–Crippen MR) is 86.9 cm³/mol. The van der Waals surface area contributed by atoms with E-state index in [1.165, 1.54) is 34.4 Å². The van der Waals surface area contributed by atoms with E-state index < -0.39 is 0 Å². The van der Waals surface area contributed by atoms with Crippen molar-refractivity contribution in [1.82, 2.24) is 19.7 Å². The van der Waals surface area contributed by atoms with Crippen LogP contribution >= 0.6 is 11.3 Å². The number of nitrogens with two attached hydrogens (primary N) is 1. The molecule has 22 heavy (non-hydrogen) atoms. The van der Waals surface area contributed by atoms with E-state index in [1.807, 2.05) is 23.1 Å². The second-order valence-electron chi connectivity index (χ2n) is 6.02. The smallest absolute Gasteiger partial charge is 0.150 e. The fourth-order valence-electron chi connectivity index (χ4n) is 3.72. The first kappa shape index (κ1) is 12.4. The lowest BCUT2D eigenvalue weighted by Gasteiger charge is -2.18. The lowest BCUT2D eigenvalue weighted by atomic mass is 10.2. The van der Waals surface area contributed by atoms with Crippen molar-refractivity contribution in [1.29, 1.82) is 0 Å². The predicted octanol–water partition coefficient (Wildman–Crippen LogP) is 2.02. The van der Waals surface area contributed by atoms with Crippen LogP contribution in [0.2, 0.25) is 0 Å². The Bertz CT molecular complexity index is 882. The Morgan fingerprint density at radius 1 is 1.18 bits per heavy atom. The molecule has 2 N–H and O–H groups in total. The molecule has 0 bridgehead atoms. The molecule has 0 radical (unpaired) electrons. The van der Waals surface area contributed by atoms with Crippen molar-refractivity contribution in [2.75, 3.05) is 10.6 Å². The van der Waals surface area contributed by atoms with E-state index in [4.69, 9.17) is 5.73 Å². The number of aromatic nitrogens is 4. The molecule has 0 atom stereocenters. The maximum atomic E-state index is 6.03. The summed E-state index contributed by atoms with van der Waals surface area (Å²) in [5, 5.41) is 5.57. The molecule has 0 saturated carbocycles. The monoisotopic (exact) mass is 312 g/mol. The van der Waals surface area contributed by atoms with Crippen molar-refractivity contribution in [3.05, 3.63) is 28.0 Å². The number of nitrogen functional groups attached to an aromatic ring is 1. The standard InChI is InChI=1S/C15H16N6S/c1-20-10-6-21(5-9(10)13(16)19-20)14-12-8-3-2-4-11(8)22-15(12)18-7-17-14/h7H,2-6H2,1H3,(H2,16,19). The molecule has 112 valence electrons. The average molecular weight is 312 g/mol. The summed E-state index contributed by atoms with van der Waals surface area (Å²) in [7, 11) is 1.95. The zero-order chi connectivity index (χ0) is 14.8. The molecule has 5 rings (SSSR count). The summed E-state index contributed by atoms with van der Waals surface area (Å²) < 4.78 is 1.89. The number of nitrogens with zero attached hydrogens (tertiary/aromatic N) is 5. The van der Waals surface area contributed by atoms with Crippen LogP contribution in [0.4, 0.5) is 11.6 Å².